The summed E-state index contributed by atoms with van der Waals surface area (Å²) in [6.45, 7) is 14.7. The lowest BCUT2D eigenvalue weighted by Gasteiger charge is -2.50. The first kappa shape index (κ1) is 51.2. The van der Waals surface area contributed by atoms with Gasteiger partial charge in [-0.2, -0.15) is 9.97 Å². The first-order valence-electron chi connectivity index (χ1n) is 24.7. The zero-order chi connectivity index (χ0) is 50.3. The second-order valence-electron chi connectivity index (χ2n) is 20.8. The third-order valence-corrected chi connectivity index (χ3v) is 22.1. The molecule has 4 aromatic carbocycles. The van der Waals surface area contributed by atoms with Crippen molar-refractivity contribution in [1.29, 1.82) is 0 Å². The van der Waals surface area contributed by atoms with Gasteiger partial charge in [-0.25, -0.2) is 17.6 Å². The summed E-state index contributed by atoms with van der Waals surface area (Å²) in [7, 11) is 6.06. The summed E-state index contributed by atoms with van der Waals surface area (Å²) in [5, 5.41) is 0.668. The summed E-state index contributed by atoms with van der Waals surface area (Å²) >= 11 is 0. The number of rotatable bonds is 18. The van der Waals surface area contributed by atoms with Crippen molar-refractivity contribution in [2.45, 2.75) is 120 Å². The van der Waals surface area contributed by atoms with Crippen LogP contribution in [0.5, 0.6) is 23.3 Å². The number of benzene rings is 4. The molecule has 0 spiro atoms. The van der Waals surface area contributed by atoms with Crippen LogP contribution in [0.2, 0.25) is 16.6 Å². The van der Waals surface area contributed by atoms with Crippen molar-refractivity contribution < 1.29 is 41.2 Å². The second-order valence-corrected chi connectivity index (χ2v) is 26.4. The van der Waals surface area contributed by atoms with Gasteiger partial charge in [0.15, 0.2) is 24.2 Å². The highest BCUT2D eigenvalue weighted by Gasteiger charge is 2.50. The molecule has 376 valence electrons. The number of likely N-dealkylation sites (N-methyl/N-ethyl adjacent to an activating group) is 1. The number of aromatic nitrogens is 2. The monoisotopic (exact) mass is 984 g/mol. The second kappa shape index (κ2) is 20.5. The number of hydrogen-bond acceptors (Lipinski definition) is 10. The van der Waals surface area contributed by atoms with Crippen molar-refractivity contribution in [2.75, 3.05) is 73.4 Å². The Balaban J connectivity index is 1.42. The van der Waals surface area contributed by atoms with E-state index >= 15 is 17.6 Å². The molecule has 0 radical (unpaired) electrons. The molecule has 1 aliphatic carbocycles. The van der Waals surface area contributed by atoms with Crippen LogP contribution in [0.25, 0.3) is 32.8 Å². The molecule has 2 saturated heterocycles. The van der Waals surface area contributed by atoms with E-state index in [1.807, 2.05) is 43.3 Å². The number of ether oxygens (including phenoxy) is 5. The van der Waals surface area contributed by atoms with Crippen molar-refractivity contribution in [3.63, 3.8) is 0 Å². The van der Waals surface area contributed by atoms with Crippen molar-refractivity contribution in [2.24, 2.45) is 0 Å². The van der Waals surface area contributed by atoms with Gasteiger partial charge in [0.25, 0.3) is 0 Å². The van der Waals surface area contributed by atoms with Gasteiger partial charge in [0.05, 0.1) is 36.3 Å². The molecule has 8 rings (SSSR count). The summed E-state index contributed by atoms with van der Waals surface area (Å²) in [6.07, 6.45) is 3.71. The normalized spacial score (nSPS) is 19.0. The van der Waals surface area contributed by atoms with Crippen LogP contribution in [0.15, 0.2) is 48.5 Å². The Morgan fingerprint density at radius 1 is 0.829 bits per heavy atom. The Morgan fingerprint density at radius 2 is 1.54 bits per heavy atom. The Labute approximate surface area is 412 Å². The number of nitrogens with zero attached hydrogens (tertiary/aromatic N) is 5. The van der Waals surface area contributed by atoms with E-state index in [0.29, 0.717) is 37.2 Å². The molecule has 15 heteroatoms. The van der Waals surface area contributed by atoms with E-state index in [0.717, 1.165) is 44.2 Å². The molecule has 5 aromatic rings. The zero-order valence-electron chi connectivity index (χ0n) is 42.7. The minimum Gasteiger partial charge on any atom is -0.497 e. The van der Waals surface area contributed by atoms with E-state index in [2.05, 4.69) is 62.8 Å². The van der Waals surface area contributed by atoms with E-state index in [-0.39, 0.29) is 86.3 Å². The smallest absolute Gasteiger partial charge is 0.319 e. The molecule has 1 aromatic heterocycles. The summed E-state index contributed by atoms with van der Waals surface area (Å²) in [4.78, 5) is 16.2. The van der Waals surface area contributed by atoms with Crippen LogP contribution in [-0.4, -0.2) is 114 Å². The fourth-order valence-electron chi connectivity index (χ4n) is 12.0. The number of methoxy groups -OCH3 is 3. The van der Waals surface area contributed by atoms with Crippen molar-refractivity contribution in [3.8, 4) is 45.9 Å². The number of anilines is 1. The van der Waals surface area contributed by atoms with Crippen molar-refractivity contribution >= 4 is 35.6 Å². The number of fused-ring (bicyclic) bond motifs is 3. The zero-order valence-corrected chi connectivity index (χ0v) is 43.7. The first-order chi connectivity index (χ1) is 33.4. The molecular weight excluding hydrogens is 915 g/mol. The van der Waals surface area contributed by atoms with E-state index in [4.69, 9.17) is 33.7 Å². The fourth-order valence-corrected chi connectivity index (χ4v) is 17.2. The minimum atomic E-state index is -2.43. The molecule has 3 heterocycles. The van der Waals surface area contributed by atoms with Gasteiger partial charge in [0, 0.05) is 49.7 Å². The van der Waals surface area contributed by atoms with Crippen LogP contribution < -0.4 is 23.8 Å². The maximum Gasteiger partial charge on any atom is 0.319 e. The average molecular weight is 984 g/mol. The van der Waals surface area contributed by atoms with E-state index < -0.39 is 42.8 Å². The van der Waals surface area contributed by atoms with Crippen molar-refractivity contribution in [3.05, 3.63) is 77.1 Å². The van der Waals surface area contributed by atoms with Gasteiger partial charge >= 0.3 is 6.01 Å². The van der Waals surface area contributed by atoms with Crippen LogP contribution in [-0.2, 0) is 11.3 Å². The van der Waals surface area contributed by atoms with Gasteiger partial charge in [-0.1, -0.05) is 65.7 Å². The summed E-state index contributed by atoms with van der Waals surface area (Å²) in [6, 6.07) is 13.6. The van der Waals surface area contributed by atoms with E-state index in [1.165, 1.54) is 26.4 Å². The average Bonchev–Trinajstić information content (AvgIpc) is 3.84. The molecule has 2 atom stereocenters. The number of alkyl halides is 1. The summed E-state index contributed by atoms with van der Waals surface area (Å²) < 4.78 is 97.7. The maximum absolute atomic E-state index is 18.5. The maximum atomic E-state index is 18.5. The van der Waals surface area contributed by atoms with Crippen LogP contribution >= 0.6 is 0 Å². The van der Waals surface area contributed by atoms with Gasteiger partial charge in [-0.05, 0) is 111 Å². The third-order valence-electron chi connectivity index (χ3n) is 15.9. The van der Waals surface area contributed by atoms with E-state index in [1.54, 1.807) is 19.2 Å². The predicted molar refractivity (Wildman–Crippen MR) is 272 cm³/mol. The molecular formula is C55H69F4N5O5Si. The number of halogens is 4. The topological polar surface area (TPSA) is 81.6 Å². The van der Waals surface area contributed by atoms with Crippen LogP contribution in [0.4, 0.5) is 23.4 Å². The number of hydrogen-bond donors (Lipinski definition) is 0. The molecule has 10 nitrogen and oxygen atoms in total. The molecule has 0 bridgehead atoms. The van der Waals surface area contributed by atoms with Crippen LogP contribution in [0.1, 0.15) is 91.2 Å². The van der Waals surface area contributed by atoms with Crippen LogP contribution in [0, 0.1) is 28.9 Å². The largest absolute Gasteiger partial charge is 0.497 e. The molecule has 0 amide bonds. The molecule has 3 aliphatic rings. The van der Waals surface area contributed by atoms with Gasteiger partial charge in [-0.15, -0.1) is 5.54 Å². The third kappa shape index (κ3) is 9.30. The highest BCUT2D eigenvalue weighted by Crippen LogP contribution is 2.49. The summed E-state index contributed by atoms with van der Waals surface area (Å²) in [5.74, 6) is 1.41. The Hall–Kier alpha value is -5.14. The fraction of sp³-hybridized carbons (Fsp3) is 0.527. The lowest BCUT2D eigenvalue weighted by molar-refractivity contribution is 0.0512. The van der Waals surface area contributed by atoms with Gasteiger partial charge in [0.1, 0.15) is 49.5 Å². The minimum absolute atomic E-state index is 0.00422. The Bertz CT molecular complexity index is 2760. The van der Waals surface area contributed by atoms with E-state index in [9.17, 15) is 0 Å². The Morgan fingerprint density at radius 3 is 2.16 bits per heavy atom. The van der Waals surface area contributed by atoms with Gasteiger partial charge < -0.3 is 33.5 Å². The molecule has 2 aliphatic heterocycles. The molecule has 1 saturated carbocycles. The van der Waals surface area contributed by atoms with Gasteiger partial charge in [0.2, 0.25) is 0 Å². The quantitative estimate of drug-likeness (QED) is 0.0366. The van der Waals surface area contributed by atoms with Gasteiger partial charge in [-0.3, -0.25) is 4.90 Å². The van der Waals surface area contributed by atoms with Crippen molar-refractivity contribution in [1.82, 2.24) is 19.8 Å². The lowest BCUT2D eigenvalue weighted by atomic mass is 9.75. The summed E-state index contributed by atoms with van der Waals surface area (Å²) in [5.41, 5.74) is 3.63. The standard InChI is InChI=1S/C55H69F4N5O5Si/c1-34(2)70(35(3)4,36(5)6)25-20-42-44(57)19-16-38-26-41(69-33-65-9)27-43(45(38)42)46-48(58)50-47(51(67-11)49(46)59)52(61-53(60-50)68-32-55-23-13-24-64(55)30-39(56)28-55)63(31-54(62(7)8)21-12-22-54)29-37-14-17-40(66-10)18-15-37/h14-19,26-27,34-36,39H,12-13,21-24,28-33H2,1-11H3/t39-,55+/m1/s1. The predicted octanol–water partition coefficient (Wildman–Crippen LogP) is 11.9. The molecule has 3 fully saturated rings. The molecule has 0 N–H and O–H groups in total. The SMILES string of the molecule is COCOc1cc(-c2c(F)c(OC)c3c(N(Cc4ccc(OC)cc4)CC4(N(C)C)CCC4)nc(OC[C@@]45CCCN4C[C@H](F)C5)nc3c2F)c2c(C#C[Si](C(C)C)(C(C)C)C(C)C)c(F)ccc2c1. The first-order valence-corrected chi connectivity index (χ1v) is 26.9. The molecule has 0 unspecified atom stereocenters. The highest BCUT2D eigenvalue weighted by atomic mass is 28.3. The Kier molecular flexibility index (Phi) is 15.0. The molecule has 70 heavy (non-hydrogen) atoms. The van der Waals surface area contributed by atoms with Crippen LogP contribution in [0.3, 0.4) is 0 Å². The highest BCUT2D eigenvalue weighted by molar-refractivity contribution is 6.90. The lowest BCUT2D eigenvalue weighted by Crippen LogP contribution is -2.57.